The number of nitrogen functional groups attached to an aromatic ring is 1. The van der Waals surface area contributed by atoms with Crippen molar-refractivity contribution in [2.75, 3.05) is 5.73 Å². The number of fused-ring (bicyclic) bond motifs is 1. The number of hydrogen-bond donors (Lipinski definition) is 1. The molecule has 0 radical (unpaired) electrons. The van der Waals surface area contributed by atoms with Gasteiger partial charge in [0, 0.05) is 13.8 Å². The molecular formula is C9H9N5O3. The van der Waals surface area contributed by atoms with E-state index in [1.807, 2.05) is 0 Å². The topological polar surface area (TPSA) is 113 Å². The molecule has 2 rings (SSSR count). The first-order chi connectivity index (χ1) is 7.93. The summed E-state index contributed by atoms with van der Waals surface area (Å²) in [6.07, 6.45) is 1.17. The number of aromatic nitrogens is 4. The molecule has 2 heterocycles. The van der Waals surface area contributed by atoms with Gasteiger partial charge in [0.1, 0.15) is 6.33 Å². The zero-order valence-corrected chi connectivity index (χ0v) is 9.17. The maximum atomic E-state index is 12.0. The molecule has 17 heavy (non-hydrogen) atoms. The van der Waals surface area contributed by atoms with Crippen LogP contribution in [0.2, 0.25) is 0 Å². The van der Waals surface area contributed by atoms with Gasteiger partial charge in [0.05, 0.1) is 0 Å². The van der Waals surface area contributed by atoms with E-state index in [0.717, 1.165) is 4.57 Å². The van der Waals surface area contributed by atoms with Crippen molar-refractivity contribution in [3.63, 3.8) is 0 Å². The number of nitrogens with two attached hydrogens (primary N) is 1. The Balaban J connectivity index is 2.98. The van der Waals surface area contributed by atoms with Crippen molar-refractivity contribution in [3.8, 4) is 0 Å². The Bertz CT molecular complexity index is 696. The highest BCUT2D eigenvalue weighted by Gasteiger charge is 2.17. The molecule has 0 saturated carbocycles. The van der Waals surface area contributed by atoms with Gasteiger partial charge in [-0.2, -0.15) is 4.98 Å². The van der Waals surface area contributed by atoms with Crippen LogP contribution in [0, 0.1) is 0 Å². The van der Waals surface area contributed by atoms with Crippen molar-refractivity contribution < 1.29 is 9.59 Å². The molecule has 0 unspecified atom stereocenters. The lowest BCUT2D eigenvalue weighted by Crippen LogP contribution is -2.30. The van der Waals surface area contributed by atoms with Gasteiger partial charge in [-0.05, 0) is 0 Å². The highest BCUT2D eigenvalue weighted by atomic mass is 16.2. The van der Waals surface area contributed by atoms with Crippen LogP contribution < -0.4 is 11.3 Å². The molecule has 8 nitrogen and oxygen atoms in total. The second kappa shape index (κ2) is 3.51. The van der Waals surface area contributed by atoms with E-state index in [2.05, 4.69) is 9.97 Å². The molecule has 2 aromatic rings. The first kappa shape index (κ1) is 11.0. The van der Waals surface area contributed by atoms with Crippen LogP contribution in [0.1, 0.15) is 23.4 Å². The van der Waals surface area contributed by atoms with Crippen molar-refractivity contribution in [2.24, 2.45) is 0 Å². The number of carbonyl (C=O) groups excluding carboxylic acids is 2. The van der Waals surface area contributed by atoms with Gasteiger partial charge in [0.25, 0.3) is 5.56 Å². The summed E-state index contributed by atoms with van der Waals surface area (Å²) >= 11 is 0. The summed E-state index contributed by atoms with van der Waals surface area (Å²) in [6, 6.07) is 0. The summed E-state index contributed by atoms with van der Waals surface area (Å²) in [5.74, 6) is -1.21. The minimum Gasteiger partial charge on any atom is -0.369 e. The van der Waals surface area contributed by atoms with Gasteiger partial charge in [-0.15, -0.1) is 0 Å². The van der Waals surface area contributed by atoms with Gasteiger partial charge in [0.2, 0.25) is 17.8 Å². The summed E-state index contributed by atoms with van der Waals surface area (Å²) in [7, 11) is 0. The van der Waals surface area contributed by atoms with Crippen LogP contribution in [-0.2, 0) is 0 Å². The normalized spacial score (nSPS) is 10.7. The van der Waals surface area contributed by atoms with E-state index in [1.165, 1.54) is 20.2 Å². The molecule has 88 valence electrons. The maximum absolute atomic E-state index is 12.0. The minimum absolute atomic E-state index is 0.0419. The van der Waals surface area contributed by atoms with Crippen LogP contribution in [0.3, 0.4) is 0 Å². The van der Waals surface area contributed by atoms with Gasteiger partial charge in [-0.25, -0.2) is 9.55 Å². The fourth-order valence-corrected chi connectivity index (χ4v) is 1.53. The molecule has 0 bridgehead atoms. The lowest BCUT2D eigenvalue weighted by Gasteiger charge is -2.04. The van der Waals surface area contributed by atoms with E-state index in [4.69, 9.17) is 5.73 Å². The predicted octanol–water partition coefficient (Wildman–Crippen LogP) is -0.505. The van der Waals surface area contributed by atoms with Crippen molar-refractivity contribution >= 4 is 28.9 Å². The summed E-state index contributed by atoms with van der Waals surface area (Å²) in [5, 5.41) is 0. The quantitative estimate of drug-likeness (QED) is 0.658. The molecular weight excluding hydrogens is 226 g/mol. The molecule has 0 fully saturated rings. The molecule has 0 spiro atoms. The smallest absolute Gasteiger partial charge is 0.288 e. The first-order valence-corrected chi connectivity index (χ1v) is 4.71. The third-order valence-electron chi connectivity index (χ3n) is 2.26. The van der Waals surface area contributed by atoms with Gasteiger partial charge in [0.15, 0.2) is 11.2 Å². The fourth-order valence-electron chi connectivity index (χ4n) is 1.53. The Morgan fingerprint density at radius 2 is 1.94 bits per heavy atom. The highest BCUT2D eigenvalue weighted by molar-refractivity contribution is 5.89. The van der Waals surface area contributed by atoms with Crippen molar-refractivity contribution in [1.82, 2.24) is 19.1 Å². The molecule has 2 aromatic heterocycles. The Morgan fingerprint density at radius 1 is 1.29 bits per heavy atom. The van der Waals surface area contributed by atoms with Gasteiger partial charge in [-0.3, -0.25) is 19.0 Å². The molecule has 0 aliphatic carbocycles. The molecule has 0 aliphatic rings. The van der Waals surface area contributed by atoms with Crippen LogP contribution in [0.25, 0.3) is 11.2 Å². The summed E-state index contributed by atoms with van der Waals surface area (Å²) in [5.41, 5.74) is 4.76. The van der Waals surface area contributed by atoms with Gasteiger partial charge in [-0.1, -0.05) is 0 Å². The monoisotopic (exact) mass is 235 g/mol. The molecule has 0 atom stereocenters. The van der Waals surface area contributed by atoms with E-state index < -0.39 is 17.4 Å². The standard InChI is InChI=1S/C9H9N5O3/c1-4(15)13-3-11-7-6(13)8(17)14(5(2)16)9(10)12-7/h3H,1-2H3,(H2,10,12). The van der Waals surface area contributed by atoms with Crippen molar-refractivity contribution in [2.45, 2.75) is 13.8 Å². The van der Waals surface area contributed by atoms with E-state index in [1.54, 1.807) is 0 Å². The Labute approximate surface area is 94.7 Å². The number of nitrogens with zero attached hydrogens (tertiary/aromatic N) is 4. The molecule has 0 amide bonds. The first-order valence-electron chi connectivity index (χ1n) is 4.71. The largest absolute Gasteiger partial charge is 0.369 e. The number of rotatable bonds is 0. The van der Waals surface area contributed by atoms with E-state index in [-0.39, 0.29) is 17.1 Å². The summed E-state index contributed by atoms with van der Waals surface area (Å²) in [4.78, 5) is 42.1. The van der Waals surface area contributed by atoms with E-state index in [0.29, 0.717) is 4.57 Å². The third kappa shape index (κ3) is 1.50. The summed E-state index contributed by atoms with van der Waals surface area (Å²) < 4.78 is 1.73. The van der Waals surface area contributed by atoms with Crippen molar-refractivity contribution in [3.05, 3.63) is 16.7 Å². The molecule has 2 N–H and O–H groups in total. The Hall–Kier alpha value is -2.51. The molecule has 8 heteroatoms. The fraction of sp³-hybridized carbons (Fsp3) is 0.222. The SMILES string of the molecule is CC(=O)n1c(N)nc2ncn(C(C)=O)c2c1=O. The third-order valence-corrected chi connectivity index (χ3v) is 2.26. The molecule has 0 saturated heterocycles. The van der Waals surface area contributed by atoms with Crippen LogP contribution in [0.15, 0.2) is 11.1 Å². The number of carbonyl (C=O) groups is 2. The van der Waals surface area contributed by atoms with Crippen molar-refractivity contribution in [1.29, 1.82) is 0 Å². The predicted molar refractivity (Wildman–Crippen MR) is 58.8 cm³/mol. The average Bonchev–Trinajstić information content (AvgIpc) is 2.60. The van der Waals surface area contributed by atoms with Crippen LogP contribution in [0.5, 0.6) is 0 Å². The van der Waals surface area contributed by atoms with Gasteiger partial charge >= 0.3 is 0 Å². The molecule has 0 aromatic carbocycles. The number of anilines is 1. The number of hydrogen-bond acceptors (Lipinski definition) is 6. The minimum atomic E-state index is -0.701. The van der Waals surface area contributed by atoms with Gasteiger partial charge < -0.3 is 5.73 Å². The molecule has 0 aliphatic heterocycles. The maximum Gasteiger partial charge on any atom is 0.288 e. The Morgan fingerprint density at radius 3 is 2.47 bits per heavy atom. The summed E-state index contributed by atoms with van der Waals surface area (Å²) in [6.45, 7) is 2.45. The Kier molecular flexibility index (Phi) is 2.27. The average molecular weight is 235 g/mol. The second-order valence-electron chi connectivity index (χ2n) is 3.44. The lowest BCUT2D eigenvalue weighted by atomic mass is 10.4. The van der Waals surface area contributed by atoms with Crippen LogP contribution >= 0.6 is 0 Å². The van der Waals surface area contributed by atoms with E-state index in [9.17, 15) is 14.4 Å². The second-order valence-corrected chi connectivity index (χ2v) is 3.44. The van der Waals surface area contributed by atoms with Crippen LogP contribution in [0.4, 0.5) is 5.95 Å². The number of imidazole rings is 1. The lowest BCUT2D eigenvalue weighted by molar-refractivity contribution is 0.0923. The highest BCUT2D eigenvalue weighted by Crippen LogP contribution is 2.07. The van der Waals surface area contributed by atoms with Crippen LogP contribution in [-0.4, -0.2) is 30.9 Å². The zero-order chi connectivity index (χ0) is 12.7. The van der Waals surface area contributed by atoms with E-state index >= 15 is 0 Å². The zero-order valence-electron chi connectivity index (χ0n) is 9.17.